The fourth-order valence-corrected chi connectivity index (χ4v) is 3.70. The van der Waals surface area contributed by atoms with Gasteiger partial charge in [0.05, 0.1) is 23.4 Å². The molecule has 10 heteroatoms. The number of amides is 3. The normalized spacial score (nSPS) is 16.4. The van der Waals surface area contributed by atoms with Gasteiger partial charge in [-0.2, -0.15) is 5.26 Å². The van der Waals surface area contributed by atoms with Crippen LogP contribution in [0.25, 0.3) is 0 Å². The lowest BCUT2D eigenvalue weighted by Crippen LogP contribution is -2.57. The molecule has 0 fully saturated rings. The molecule has 1 aliphatic heterocycles. The van der Waals surface area contributed by atoms with Crippen LogP contribution >= 0.6 is 0 Å². The highest BCUT2D eigenvalue weighted by molar-refractivity contribution is 6.09. The SMILES string of the molecule is CN[C@@H](C)C(=O)NC(C(=O)N1c2ncccc2CC1C(=O)Nc1ccc(C#N)cc1F)C(C)C. The average molecular weight is 467 g/mol. The minimum Gasteiger partial charge on any atom is -0.343 e. The summed E-state index contributed by atoms with van der Waals surface area (Å²) in [6.45, 7) is 5.26. The van der Waals surface area contributed by atoms with Crippen molar-refractivity contribution in [3.8, 4) is 6.07 Å². The van der Waals surface area contributed by atoms with E-state index in [0.29, 0.717) is 11.4 Å². The monoisotopic (exact) mass is 466 g/mol. The number of anilines is 2. The van der Waals surface area contributed by atoms with E-state index < -0.39 is 35.8 Å². The number of carbonyl (C=O) groups is 3. The van der Waals surface area contributed by atoms with Gasteiger partial charge in [-0.25, -0.2) is 9.37 Å². The van der Waals surface area contributed by atoms with E-state index in [1.807, 2.05) is 6.07 Å². The van der Waals surface area contributed by atoms with Crippen LogP contribution in [0.3, 0.4) is 0 Å². The van der Waals surface area contributed by atoms with E-state index in [4.69, 9.17) is 5.26 Å². The Morgan fingerprint density at radius 2 is 1.97 bits per heavy atom. The molecule has 0 saturated heterocycles. The van der Waals surface area contributed by atoms with E-state index in [0.717, 1.165) is 6.07 Å². The Kier molecular flexibility index (Phi) is 7.58. The second-order valence-electron chi connectivity index (χ2n) is 8.45. The third kappa shape index (κ3) is 5.05. The van der Waals surface area contributed by atoms with E-state index >= 15 is 0 Å². The summed E-state index contributed by atoms with van der Waals surface area (Å²) in [5.74, 6) is -2.14. The van der Waals surface area contributed by atoms with Crippen LogP contribution in [-0.2, 0) is 20.8 Å². The minimum absolute atomic E-state index is 0.100. The van der Waals surface area contributed by atoms with Crippen LogP contribution in [0, 0.1) is 23.1 Å². The van der Waals surface area contributed by atoms with Gasteiger partial charge in [-0.05, 0) is 49.7 Å². The maximum atomic E-state index is 14.4. The van der Waals surface area contributed by atoms with Gasteiger partial charge in [0.15, 0.2) is 0 Å². The number of nitrogens with zero attached hydrogens (tertiary/aromatic N) is 3. The molecule has 3 N–H and O–H groups in total. The minimum atomic E-state index is -0.993. The molecular formula is C24H27FN6O3. The Hall–Kier alpha value is -3.84. The quantitative estimate of drug-likeness (QED) is 0.570. The first-order valence-corrected chi connectivity index (χ1v) is 10.9. The number of pyridine rings is 1. The summed E-state index contributed by atoms with van der Waals surface area (Å²) in [7, 11) is 1.64. The summed E-state index contributed by atoms with van der Waals surface area (Å²) in [5.41, 5.74) is 0.710. The van der Waals surface area contributed by atoms with Crippen LogP contribution < -0.4 is 20.9 Å². The molecule has 1 aliphatic rings. The number of halogens is 1. The van der Waals surface area contributed by atoms with Gasteiger partial charge < -0.3 is 16.0 Å². The van der Waals surface area contributed by atoms with Crippen LogP contribution in [0.1, 0.15) is 31.9 Å². The zero-order valence-electron chi connectivity index (χ0n) is 19.4. The maximum Gasteiger partial charge on any atom is 0.251 e. The van der Waals surface area contributed by atoms with E-state index in [1.54, 1.807) is 40.0 Å². The number of rotatable bonds is 7. The van der Waals surface area contributed by atoms with Crippen LogP contribution in [0.2, 0.25) is 0 Å². The van der Waals surface area contributed by atoms with Crippen molar-refractivity contribution in [2.24, 2.45) is 5.92 Å². The highest BCUT2D eigenvalue weighted by Crippen LogP contribution is 2.32. The lowest BCUT2D eigenvalue weighted by molar-refractivity contribution is -0.130. The molecule has 34 heavy (non-hydrogen) atoms. The second-order valence-corrected chi connectivity index (χ2v) is 8.45. The van der Waals surface area contributed by atoms with Crippen molar-refractivity contribution < 1.29 is 18.8 Å². The molecule has 2 aromatic rings. The zero-order valence-corrected chi connectivity index (χ0v) is 19.4. The molecule has 0 radical (unpaired) electrons. The predicted octanol–water partition coefficient (Wildman–Crippen LogP) is 1.74. The Labute approximate surface area is 197 Å². The van der Waals surface area contributed by atoms with Crippen LogP contribution in [0.5, 0.6) is 0 Å². The van der Waals surface area contributed by atoms with Crippen molar-refractivity contribution in [2.75, 3.05) is 17.3 Å². The van der Waals surface area contributed by atoms with E-state index in [2.05, 4.69) is 20.9 Å². The summed E-state index contributed by atoms with van der Waals surface area (Å²) in [6, 6.07) is 6.61. The number of carbonyl (C=O) groups excluding carboxylic acids is 3. The molecule has 0 saturated carbocycles. The topological polar surface area (TPSA) is 127 Å². The maximum absolute atomic E-state index is 14.4. The largest absolute Gasteiger partial charge is 0.343 e. The first kappa shape index (κ1) is 24.8. The Balaban J connectivity index is 1.92. The van der Waals surface area contributed by atoms with Crippen molar-refractivity contribution in [1.82, 2.24) is 15.6 Å². The second kappa shape index (κ2) is 10.4. The molecular weight excluding hydrogens is 439 g/mol. The first-order valence-electron chi connectivity index (χ1n) is 10.9. The molecule has 3 atom stereocenters. The van der Waals surface area contributed by atoms with E-state index in [9.17, 15) is 18.8 Å². The Morgan fingerprint density at radius 1 is 1.24 bits per heavy atom. The zero-order chi connectivity index (χ0) is 25.0. The van der Waals surface area contributed by atoms with Crippen molar-refractivity contribution in [1.29, 1.82) is 5.26 Å². The molecule has 9 nitrogen and oxygen atoms in total. The lowest BCUT2D eigenvalue weighted by Gasteiger charge is -2.31. The fourth-order valence-electron chi connectivity index (χ4n) is 3.70. The predicted molar refractivity (Wildman–Crippen MR) is 124 cm³/mol. The first-order chi connectivity index (χ1) is 16.2. The summed E-state index contributed by atoms with van der Waals surface area (Å²) in [6.07, 6.45) is 1.70. The Morgan fingerprint density at radius 3 is 2.59 bits per heavy atom. The molecule has 2 heterocycles. The third-order valence-corrected chi connectivity index (χ3v) is 5.77. The average Bonchev–Trinajstić information content (AvgIpc) is 3.22. The van der Waals surface area contributed by atoms with Crippen molar-refractivity contribution in [3.05, 3.63) is 53.5 Å². The lowest BCUT2D eigenvalue weighted by atomic mass is 10.0. The number of benzene rings is 1. The molecule has 0 spiro atoms. The highest BCUT2D eigenvalue weighted by atomic mass is 19.1. The van der Waals surface area contributed by atoms with Crippen LogP contribution in [-0.4, -0.2) is 47.9 Å². The summed E-state index contributed by atoms with van der Waals surface area (Å²) in [4.78, 5) is 45.0. The summed E-state index contributed by atoms with van der Waals surface area (Å²) < 4.78 is 14.4. The summed E-state index contributed by atoms with van der Waals surface area (Å²) >= 11 is 0. The number of aromatic nitrogens is 1. The number of nitrogens with one attached hydrogen (secondary N) is 3. The molecule has 3 rings (SSSR count). The smallest absolute Gasteiger partial charge is 0.251 e. The van der Waals surface area contributed by atoms with Crippen molar-refractivity contribution in [3.63, 3.8) is 0 Å². The molecule has 1 aromatic carbocycles. The number of likely N-dealkylation sites (N-methyl/N-ethyl adjacent to an activating group) is 1. The number of nitriles is 1. The van der Waals surface area contributed by atoms with Gasteiger partial charge in [-0.3, -0.25) is 19.3 Å². The van der Waals surface area contributed by atoms with Crippen molar-refractivity contribution in [2.45, 2.75) is 45.3 Å². The molecule has 178 valence electrons. The van der Waals surface area contributed by atoms with Crippen LogP contribution in [0.15, 0.2) is 36.5 Å². The van der Waals surface area contributed by atoms with E-state index in [1.165, 1.54) is 23.2 Å². The van der Waals surface area contributed by atoms with Gasteiger partial charge in [-0.15, -0.1) is 0 Å². The number of hydrogen-bond acceptors (Lipinski definition) is 6. The van der Waals surface area contributed by atoms with Gasteiger partial charge in [0, 0.05) is 12.6 Å². The molecule has 2 unspecified atom stereocenters. The Bertz CT molecular complexity index is 1150. The summed E-state index contributed by atoms with van der Waals surface area (Å²) in [5, 5.41) is 17.0. The number of fused-ring (bicyclic) bond motifs is 1. The van der Waals surface area contributed by atoms with Gasteiger partial charge in [0.25, 0.3) is 5.91 Å². The fraction of sp³-hybridized carbons (Fsp3) is 0.375. The van der Waals surface area contributed by atoms with Gasteiger partial charge in [-0.1, -0.05) is 19.9 Å². The molecule has 1 aromatic heterocycles. The molecule has 0 aliphatic carbocycles. The third-order valence-electron chi connectivity index (χ3n) is 5.77. The molecule has 0 bridgehead atoms. The molecule has 3 amide bonds. The van der Waals surface area contributed by atoms with Crippen molar-refractivity contribution >= 4 is 29.2 Å². The van der Waals surface area contributed by atoms with Gasteiger partial charge >= 0.3 is 0 Å². The van der Waals surface area contributed by atoms with Gasteiger partial charge in [0.1, 0.15) is 23.7 Å². The van der Waals surface area contributed by atoms with Crippen LogP contribution in [0.4, 0.5) is 15.9 Å². The highest BCUT2D eigenvalue weighted by Gasteiger charge is 2.43. The van der Waals surface area contributed by atoms with Gasteiger partial charge in [0.2, 0.25) is 11.8 Å². The standard InChI is InChI=1S/C24H27FN6O3/c1-13(2)20(30-22(32)14(3)27-4)24(34)31-19(11-16-6-5-9-28-21(16)31)23(33)29-18-8-7-15(12-26)10-17(18)25/h5-10,13-14,19-20,27H,11H2,1-4H3,(H,29,33)(H,30,32)/t14-,19?,20?/m0/s1. The number of hydrogen-bond donors (Lipinski definition) is 3. The van der Waals surface area contributed by atoms with E-state index in [-0.39, 0.29) is 29.5 Å².